The summed E-state index contributed by atoms with van der Waals surface area (Å²) in [5, 5.41) is 14.3. The first-order valence-corrected chi connectivity index (χ1v) is 7.07. The van der Waals surface area contributed by atoms with Gasteiger partial charge >= 0.3 is 5.97 Å². The Kier molecular flexibility index (Phi) is 4.94. The van der Waals surface area contributed by atoms with Crippen LogP contribution in [0.15, 0.2) is 0 Å². The Bertz CT molecular complexity index is 381. The average Bonchev–Trinajstić information content (AvgIpc) is 2.46. The number of carbonyl (C=O) groups is 3. The van der Waals surface area contributed by atoms with E-state index in [1.807, 2.05) is 4.90 Å². The molecule has 1 unspecified atom stereocenters. The fourth-order valence-corrected chi connectivity index (χ4v) is 2.73. The molecule has 112 valence electrons. The molecule has 0 aliphatic carbocycles. The minimum absolute atomic E-state index is 0.0293. The number of nitrogens with zero attached hydrogens (tertiary/aromatic N) is 1. The molecule has 20 heavy (non-hydrogen) atoms. The van der Waals surface area contributed by atoms with Crippen molar-refractivity contribution in [3.05, 3.63) is 0 Å². The Morgan fingerprint density at radius 2 is 2.00 bits per heavy atom. The topological polar surface area (TPSA) is 98.7 Å². The van der Waals surface area contributed by atoms with E-state index in [9.17, 15) is 14.4 Å². The van der Waals surface area contributed by atoms with E-state index in [0.29, 0.717) is 32.0 Å². The lowest BCUT2D eigenvalue weighted by Gasteiger charge is -2.35. The van der Waals surface area contributed by atoms with Crippen molar-refractivity contribution in [2.24, 2.45) is 5.92 Å². The summed E-state index contributed by atoms with van der Waals surface area (Å²) >= 11 is 0. The van der Waals surface area contributed by atoms with Crippen LogP contribution in [0.4, 0.5) is 0 Å². The second-order valence-electron chi connectivity index (χ2n) is 5.44. The summed E-state index contributed by atoms with van der Waals surface area (Å²) < 4.78 is 0. The van der Waals surface area contributed by atoms with Gasteiger partial charge in [0.25, 0.3) is 0 Å². The van der Waals surface area contributed by atoms with Gasteiger partial charge in [-0.25, -0.2) is 0 Å². The summed E-state index contributed by atoms with van der Waals surface area (Å²) in [6, 6.07) is -0.330. The number of likely N-dealkylation sites (tertiary alicyclic amines) is 1. The summed E-state index contributed by atoms with van der Waals surface area (Å²) in [6.07, 6.45) is 2.61. The van der Waals surface area contributed by atoms with Gasteiger partial charge < -0.3 is 15.3 Å². The number of hydrogen-bond acceptors (Lipinski definition) is 4. The molecule has 0 spiro atoms. The van der Waals surface area contributed by atoms with Gasteiger partial charge in [-0.2, -0.15) is 0 Å². The minimum atomic E-state index is -0.759. The highest BCUT2D eigenvalue weighted by Crippen LogP contribution is 2.22. The Morgan fingerprint density at radius 3 is 2.55 bits per heavy atom. The summed E-state index contributed by atoms with van der Waals surface area (Å²) in [7, 11) is 0. The van der Waals surface area contributed by atoms with Gasteiger partial charge in [-0.05, 0) is 25.2 Å². The zero-order chi connectivity index (χ0) is 14.5. The van der Waals surface area contributed by atoms with Crippen LogP contribution in [0.25, 0.3) is 0 Å². The fourth-order valence-electron chi connectivity index (χ4n) is 2.73. The Hall–Kier alpha value is -1.63. The summed E-state index contributed by atoms with van der Waals surface area (Å²) in [5.41, 5.74) is 0. The molecule has 7 heteroatoms. The normalized spacial score (nSPS) is 24.3. The van der Waals surface area contributed by atoms with E-state index in [2.05, 4.69) is 10.6 Å². The molecule has 2 aliphatic rings. The Balaban J connectivity index is 1.74. The van der Waals surface area contributed by atoms with Gasteiger partial charge in [0.1, 0.15) is 6.04 Å². The number of amides is 2. The van der Waals surface area contributed by atoms with Crippen LogP contribution in [0, 0.1) is 5.92 Å². The molecule has 1 atom stereocenters. The van der Waals surface area contributed by atoms with Crippen LogP contribution < -0.4 is 10.6 Å². The molecule has 2 amide bonds. The van der Waals surface area contributed by atoms with Gasteiger partial charge in [-0.15, -0.1) is 0 Å². The van der Waals surface area contributed by atoms with Crippen molar-refractivity contribution in [2.45, 2.75) is 31.7 Å². The molecule has 7 nitrogen and oxygen atoms in total. The average molecular weight is 283 g/mol. The molecule has 0 saturated carbocycles. The third-order valence-corrected chi connectivity index (χ3v) is 4.00. The first kappa shape index (κ1) is 14.8. The zero-order valence-electron chi connectivity index (χ0n) is 11.4. The molecule has 0 radical (unpaired) electrons. The minimum Gasteiger partial charge on any atom is -0.481 e. The third-order valence-electron chi connectivity index (χ3n) is 4.00. The lowest BCUT2D eigenvalue weighted by molar-refractivity contribution is -0.139. The van der Waals surface area contributed by atoms with E-state index < -0.39 is 5.97 Å². The van der Waals surface area contributed by atoms with Gasteiger partial charge in [-0.1, -0.05) is 0 Å². The van der Waals surface area contributed by atoms with Gasteiger partial charge in [0.15, 0.2) is 0 Å². The monoisotopic (exact) mass is 283 g/mol. The smallest absolute Gasteiger partial charge is 0.303 e. The maximum absolute atomic E-state index is 12.3. The molecule has 3 N–H and O–H groups in total. The quantitative estimate of drug-likeness (QED) is 0.626. The van der Waals surface area contributed by atoms with Crippen LogP contribution in [-0.2, 0) is 14.4 Å². The molecule has 0 aromatic heterocycles. The number of carboxylic acids is 1. The molecular weight excluding hydrogens is 262 g/mol. The molecule has 2 fully saturated rings. The van der Waals surface area contributed by atoms with Crippen LogP contribution in [0.2, 0.25) is 0 Å². The van der Waals surface area contributed by atoms with Crippen molar-refractivity contribution in [2.75, 3.05) is 26.2 Å². The highest BCUT2D eigenvalue weighted by Gasteiger charge is 2.30. The fraction of sp³-hybridized carbons (Fsp3) is 0.769. The first-order valence-electron chi connectivity index (χ1n) is 7.07. The zero-order valence-corrected chi connectivity index (χ0v) is 11.4. The lowest BCUT2D eigenvalue weighted by Crippen LogP contribution is -2.59. The van der Waals surface area contributed by atoms with E-state index in [4.69, 9.17) is 5.11 Å². The van der Waals surface area contributed by atoms with Crippen molar-refractivity contribution < 1.29 is 19.5 Å². The number of aliphatic carboxylic acids is 1. The maximum atomic E-state index is 12.3. The standard InChI is InChI=1S/C13H21N3O4/c17-11-8-14-10(7-15-11)13(20)16-5-3-9(4-6-16)1-2-12(18)19/h9-10,14H,1-8H2,(H,15,17)(H,18,19). The molecule has 0 aromatic rings. The van der Waals surface area contributed by atoms with Crippen molar-refractivity contribution in [1.29, 1.82) is 0 Å². The Morgan fingerprint density at radius 1 is 1.30 bits per heavy atom. The van der Waals surface area contributed by atoms with Crippen molar-refractivity contribution in [3.8, 4) is 0 Å². The van der Waals surface area contributed by atoms with Crippen molar-refractivity contribution in [3.63, 3.8) is 0 Å². The van der Waals surface area contributed by atoms with Gasteiger partial charge in [0.2, 0.25) is 11.8 Å². The number of nitrogens with one attached hydrogen (secondary N) is 2. The molecular formula is C13H21N3O4. The summed E-state index contributed by atoms with van der Waals surface area (Å²) in [6.45, 7) is 1.88. The van der Waals surface area contributed by atoms with Crippen LogP contribution in [0.5, 0.6) is 0 Å². The number of piperidine rings is 1. The Labute approximate surface area is 117 Å². The van der Waals surface area contributed by atoms with E-state index in [0.717, 1.165) is 12.8 Å². The van der Waals surface area contributed by atoms with Crippen LogP contribution in [0.1, 0.15) is 25.7 Å². The molecule has 2 saturated heterocycles. The lowest BCUT2D eigenvalue weighted by atomic mass is 9.92. The second kappa shape index (κ2) is 6.69. The molecule has 0 aromatic carbocycles. The highest BCUT2D eigenvalue weighted by molar-refractivity contribution is 5.86. The van der Waals surface area contributed by atoms with Gasteiger partial charge in [0, 0.05) is 26.1 Å². The maximum Gasteiger partial charge on any atom is 0.303 e. The van der Waals surface area contributed by atoms with Gasteiger partial charge in [0.05, 0.1) is 6.54 Å². The van der Waals surface area contributed by atoms with Crippen LogP contribution >= 0.6 is 0 Å². The van der Waals surface area contributed by atoms with Crippen LogP contribution in [-0.4, -0.2) is 60.0 Å². The third kappa shape index (κ3) is 3.93. The van der Waals surface area contributed by atoms with E-state index >= 15 is 0 Å². The van der Waals surface area contributed by atoms with E-state index in [1.54, 1.807) is 0 Å². The number of hydrogen-bond donors (Lipinski definition) is 3. The van der Waals surface area contributed by atoms with Crippen molar-refractivity contribution in [1.82, 2.24) is 15.5 Å². The molecule has 2 aliphatic heterocycles. The second-order valence-corrected chi connectivity index (χ2v) is 5.44. The summed E-state index contributed by atoms with van der Waals surface area (Å²) in [4.78, 5) is 35.6. The van der Waals surface area contributed by atoms with Gasteiger partial charge in [-0.3, -0.25) is 19.7 Å². The largest absolute Gasteiger partial charge is 0.481 e. The first-order chi connectivity index (χ1) is 9.56. The van der Waals surface area contributed by atoms with E-state index in [1.165, 1.54) is 0 Å². The number of rotatable bonds is 4. The number of piperazine rings is 1. The highest BCUT2D eigenvalue weighted by atomic mass is 16.4. The number of carboxylic acid groups (broad SMARTS) is 1. The predicted octanol–water partition coefficient (Wildman–Crippen LogP) is -0.822. The van der Waals surface area contributed by atoms with Crippen LogP contribution in [0.3, 0.4) is 0 Å². The predicted molar refractivity (Wildman–Crippen MR) is 71.0 cm³/mol. The SMILES string of the molecule is O=C(O)CCC1CCN(C(=O)C2CNC(=O)CN2)CC1. The summed E-state index contributed by atoms with van der Waals surface area (Å²) in [5.74, 6) is -0.414. The molecule has 0 bridgehead atoms. The number of carbonyl (C=O) groups excluding carboxylic acids is 2. The molecule has 2 heterocycles. The molecule has 2 rings (SSSR count). The van der Waals surface area contributed by atoms with E-state index in [-0.39, 0.29) is 30.8 Å². The van der Waals surface area contributed by atoms with Crippen molar-refractivity contribution >= 4 is 17.8 Å².